The number of imidazole rings is 1. The molecule has 0 aliphatic carbocycles. The molecule has 0 unspecified atom stereocenters. The molecule has 2 heterocycles. The third-order valence-corrected chi connectivity index (χ3v) is 5.32. The molecule has 7 heteroatoms. The van der Waals surface area contributed by atoms with Crippen molar-refractivity contribution in [3.8, 4) is 17.0 Å². The van der Waals surface area contributed by atoms with E-state index in [9.17, 15) is 4.79 Å². The normalized spacial score (nSPS) is 10.7. The number of hydrogen-bond donors (Lipinski definition) is 2. The number of aryl methyl sites for hydroxylation is 1. The van der Waals surface area contributed by atoms with Gasteiger partial charge in [-0.25, -0.2) is 4.98 Å². The van der Waals surface area contributed by atoms with Gasteiger partial charge in [-0.15, -0.1) is 0 Å². The van der Waals surface area contributed by atoms with Gasteiger partial charge in [0.15, 0.2) is 0 Å². The fourth-order valence-corrected chi connectivity index (χ4v) is 3.34. The van der Waals surface area contributed by atoms with Crippen LogP contribution in [0.15, 0.2) is 73.1 Å². The largest absolute Gasteiger partial charge is 0.487 e. The Bertz CT molecular complexity index is 1220. The fraction of sp³-hybridized carbons (Fsp3) is 0.160. The lowest BCUT2D eigenvalue weighted by Gasteiger charge is -2.13. The van der Waals surface area contributed by atoms with Gasteiger partial charge in [0.05, 0.1) is 17.6 Å². The van der Waals surface area contributed by atoms with Gasteiger partial charge in [-0.05, 0) is 55.0 Å². The van der Waals surface area contributed by atoms with Crippen molar-refractivity contribution in [2.24, 2.45) is 12.8 Å². The summed E-state index contributed by atoms with van der Waals surface area (Å²) in [6, 6.07) is 18.5. The van der Waals surface area contributed by atoms with Gasteiger partial charge in [0.1, 0.15) is 18.2 Å². The highest BCUT2D eigenvalue weighted by molar-refractivity contribution is 6.05. The number of nitrogens with zero attached hydrogens (tertiary/aromatic N) is 3. The van der Waals surface area contributed by atoms with Crippen LogP contribution in [0.3, 0.4) is 0 Å². The van der Waals surface area contributed by atoms with Gasteiger partial charge in [-0.1, -0.05) is 18.2 Å². The zero-order valence-corrected chi connectivity index (χ0v) is 18.1. The summed E-state index contributed by atoms with van der Waals surface area (Å²) >= 11 is 0. The minimum Gasteiger partial charge on any atom is -0.487 e. The minimum atomic E-state index is -0.214. The Morgan fingerprint density at radius 1 is 1.09 bits per heavy atom. The Morgan fingerprint density at radius 3 is 2.56 bits per heavy atom. The molecule has 3 N–H and O–H groups in total. The molecule has 0 saturated heterocycles. The summed E-state index contributed by atoms with van der Waals surface area (Å²) in [6.07, 6.45) is 3.55. The second-order valence-electron chi connectivity index (χ2n) is 7.41. The lowest BCUT2D eigenvalue weighted by Crippen LogP contribution is -2.14. The molecule has 162 valence electrons. The number of carbonyl (C=O) groups is 1. The molecule has 2 aromatic carbocycles. The maximum Gasteiger partial charge on any atom is 0.255 e. The van der Waals surface area contributed by atoms with Crippen LogP contribution >= 0.6 is 0 Å². The van der Waals surface area contributed by atoms with E-state index in [1.54, 1.807) is 30.5 Å². The Labute approximate surface area is 186 Å². The summed E-state index contributed by atoms with van der Waals surface area (Å²) in [5.41, 5.74) is 10.7. The van der Waals surface area contributed by atoms with Crippen LogP contribution in [0, 0.1) is 6.92 Å². The second kappa shape index (κ2) is 9.45. The first-order valence-corrected chi connectivity index (χ1v) is 10.3. The number of aromatic nitrogens is 3. The molecule has 2 aromatic heterocycles. The zero-order chi connectivity index (χ0) is 22.5. The Kier molecular flexibility index (Phi) is 6.28. The minimum absolute atomic E-state index is 0.214. The molecular weight excluding hydrogens is 402 g/mol. The molecule has 0 spiro atoms. The highest BCUT2D eigenvalue weighted by Gasteiger charge is 2.12. The number of hydrogen-bond acceptors (Lipinski definition) is 5. The molecule has 0 radical (unpaired) electrons. The van der Waals surface area contributed by atoms with Crippen LogP contribution in [0.25, 0.3) is 11.3 Å². The lowest BCUT2D eigenvalue weighted by molar-refractivity contribution is 0.102. The monoisotopic (exact) mass is 427 g/mol. The number of rotatable bonds is 7. The Morgan fingerprint density at radius 2 is 1.91 bits per heavy atom. The first kappa shape index (κ1) is 21.3. The number of benzene rings is 2. The van der Waals surface area contributed by atoms with E-state index in [1.807, 2.05) is 61.1 Å². The maximum absolute atomic E-state index is 12.9. The summed E-state index contributed by atoms with van der Waals surface area (Å²) < 4.78 is 7.75. The van der Waals surface area contributed by atoms with E-state index in [0.29, 0.717) is 30.2 Å². The van der Waals surface area contributed by atoms with E-state index in [2.05, 4.69) is 15.3 Å². The zero-order valence-electron chi connectivity index (χ0n) is 18.1. The Hall–Kier alpha value is -3.97. The molecule has 0 bridgehead atoms. The number of carbonyl (C=O) groups excluding carboxylic acids is 1. The second-order valence-corrected chi connectivity index (χ2v) is 7.41. The summed E-state index contributed by atoms with van der Waals surface area (Å²) in [4.78, 5) is 21.5. The van der Waals surface area contributed by atoms with Crippen LogP contribution in [-0.4, -0.2) is 20.4 Å². The van der Waals surface area contributed by atoms with Crippen LogP contribution in [0.1, 0.15) is 27.4 Å². The molecule has 4 aromatic rings. The third kappa shape index (κ3) is 4.68. The number of pyridine rings is 1. The predicted molar refractivity (Wildman–Crippen MR) is 124 cm³/mol. The van der Waals surface area contributed by atoms with Crippen molar-refractivity contribution in [2.75, 3.05) is 5.32 Å². The fourth-order valence-electron chi connectivity index (χ4n) is 3.34. The number of anilines is 1. The molecule has 0 fully saturated rings. The van der Waals surface area contributed by atoms with E-state index in [-0.39, 0.29) is 5.91 Å². The van der Waals surface area contributed by atoms with Crippen LogP contribution in [0.4, 0.5) is 5.69 Å². The molecule has 0 saturated carbocycles. The van der Waals surface area contributed by atoms with E-state index in [1.165, 1.54) is 0 Å². The lowest BCUT2D eigenvalue weighted by atomic mass is 10.1. The van der Waals surface area contributed by atoms with E-state index < -0.39 is 0 Å². The van der Waals surface area contributed by atoms with E-state index in [0.717, 1.165) is 28.3 Å². The van der Waals surface area contributed by atoms with E-state index >= 15 is 0 Å². The molecule has 0 aliphatic rings. The van der Waals surface area contributed by atoms with Gasteiger partial charge in [-0.2, -0.15) is 0 Å². The van der Waals surface area contributed by atoms with Gasteiger partial charge < -0.3 is 20.4 Å². The first-order valence-electron chi connectivity index (χ1n) is 10.3. The average Bonchev–Trinajstić information content (AvgIpc) is 3.16. The van der Waals surface area contributed by atoms with Crippen LogP contribution in [0.2, 0.25) is 0 Å². The van der Waals surface area contributed by atoms with Crippen LogP contribution < -0.4 is 15.8 Å². The maximum atomic E-state index is 12.9. The number of nitrogens with two attached hydrogens (primary N) is 1. The van der Waals surface area contributed by atoms with Gasteiger partial charge in [0.25, 0.3) is 5.91 Å². The topological polar surface area (TPSA) is 95.1 Å². The molecule has 0 atom stereocenters. The van der Waals surface area contributed by atoms with Crippen molar-refractivity contribution in [3.05, 3.63) is 95.7 Å². The van der Waals surface area contributed by atoms with Crippen molar-refractivity contribution in [1.82, 2.24) is 14.5 Å². The van der Waals surface area contributed by atoms with Crippen LogP contribution in [0.5, 0.6) is 5.75 Å². The third-order valence-electron chi connectivity index (χ3n) is 5.32. The van der Waals surface area contributed by atoms with E-state index in [4.69, 9.17) is 10.5 Å². The standard InChI is InChI=1S/C25H25N5O2/c1-17-28-15-24(30(17)2)19-6-7-20(14-26)23(13-19)29-25(31)18-8-10-22(11-9-18)32-16-21-5-3-4-12-27-21/h3-13,15H,14,16,26H2,1-2H3,(H,29,31). The Balaban J connectivity index is 1.48. The van der Waals surface area contributed by atoms with Crippen molar-refractivity contribution >= 4 is 11.6 Å². The SMILES string of the molecule is Cc1ncc(-c2ccc(CN)c(NC(=O)c3ccc(OCc4ccccn4)cc3)c2)n1C. The van der Waals surface area contributed by atoms with Gasteiger partial charge in [-0.3, -0.25) is 9.78 Å². The smallest absolute Gasteiger partial charge is 0.255 e. The highest BCUT2D eigenvalue weighted by atomic mass is 16.5. The van der Waals surface area contributed by atoms with Gasteiger partial charge >= 0.3 is 0 Å². The van der Waals surface area contributed by atoms with Crippen molar-refractivity contribution in [2.45, 2.75) is 20.1 Å². The molecular formula is C25H25N5O2. The molecule has 1 amide bonds. The quantitative estimate of drug-likeness (QED) is 0.463. The molecule has 4 rings (SSSR count). The predicted octanol–water partition coefficient (Wildman–Crippen LogP) is 4.08. The molecule has 0 aliphatic heterocycles. The molecule has 32 heavy (non-hydrogen) atoms. The number of nitrogens with one attached hydrogen (secondary N) is 1. The van der Waals surface area contributed by atoms with Crippen molar-refractivity contribution in [1.29, 1.82) is 0 Å². The first-order chi connectivity index (χ1) is 15.5. The summed E-state index contributed by atoms with van der Waals surface area (Å²) in [6.45, 7) is 2.64. The average molecular weight is 428 g/mol. The van der Waals surface area contributed by atoms with Gasteiger partial charge in [0, 0.05) is 36.6 Å². The number of amides is 1. The van der Waals surface area contributed by atoms with Crippen molar-refractivity contribution < 1.29 is 9.53 Å². The van der Waals surface area contributed by atoms with Gasteiger partial charge in [0.2, 0.25) is 0 Å². The van der Waals surface area contributed by atoms with Crippen LogP contribution in [-0.2, 0) is 20.2 Å². The van der Waals surface area contributed by atoms with Crippen molar-refractivity contribution in [3.63, 3.8) is 0 Å². The summed E-state index contributed by atoms with van der Waals surface area (Å²) in [7, 11) is 1.96. The summed E-state index contributed by atoms with van der Waals surface area (Å²) in [5.74, 6) is 1.37. The summed E-state index contributed by atoms with van der Waals surface area (Å²) in [5, 5.41) is 2.99. The highest BCUT2D eigenvalue weighted by Crippen LogP contribution is 2.26. The molecule has 7 nitrogen and oxygen atoms in total. The number of ether oxygens (including phenoxy) is 1.